The van der Waals surface area contributed by atoms with Gasteiger partial charge in [0.2, 0.25) is 5.79 Å². The van der Waals surface area contributed by atoms with Crippen molar-refractivity contribution in [3.63, 3.8) is 0 Å². The first-order valence-corrected chi connectivity index (χ1v) is 7.40. The Hall–Kier alpha value is -0.280. The highest BCUT2D eigenvalue weighted by atomic mass is 16.0. The third-order valence-corrected chi connectivity index (χ3v) is 4.34. The first-order valence-electron chi connectivity index (χ1n) is 7.40. The largest absolute Gasteiger partial charge is 0.314 e. The van der Waals surface area contributed by atoms with Crippen molar-refractivity contribution in [3.05, 3.63) is 0 Å². The molecule has 2 rings (SSSR count). The highest BCUT2D eigenvalue weighted by Gasteiger charge is 2.52. The van der Waals surface area contributed by atoms with Gasteiger partial charge >= 0.3 is 0 Å². The van der Waals surface area contributed by atoms with Crippen LogP contribution in [0.1, 0.15) is 13.8 Å². The van der Waals surface area contributed by atoms with Crippen LogP contribution in [0.25, 0.3) is 0 Å². The van der Waals surface area contributed by atoms with Crippen LogP contribution < -0.4 is 22.1 Å². The van der Waals surface area contributed by atoms with Crippen LogP contribution in [0.5, 0.6) is 0 Å². The van der Waals surface area contributed by atoms with E-state index in [1.807, 2.05) is 6.92 Å². The lowest BCUT2D eigenvalue weighted by atomic mass is 10.3. The number of hydrogen-bond acceptors (Lipinski definition) is 6. The van der Waals surface area contributed by atoms with Gasteiger partial charge in [-0.05, 0) is 6.92 Å². The molecule has 0 saturated carbocycles. The van der Waals surface area contributed by atoms with E-state index in [1.165, 1.54) is 0 Å². The van der Waals surface area contributed by atoms with E-state index in [1.54, 1.807) is 0 Å². The van der Waals surface area contributed by atoms with Gasteiger partial charge in [-0.3, -0.25) is 11.5 Å². The van der Waals surface area contributed by atoms with Crippen molar-refractivity contribution in [2.24, 2.45) is 11.5 Å². The minimum Gasteiger partial charge on any atom is -0.314 e. The molecule has 0 unspecified atom stereocenters. The Kier molecular flexibility index (Phi) is 4.78. The molecule has 2 heterocycles. The van der Waals surface area contributed by atoms with Crippen LogP contribution in [-0.4, -0.2) is 79.4 Å². The molecule has 2 aliphatic rings. The zero-order valence-corrected chi connectivity index (χ0v) is 12.4. The number of nitrogens with two attached hydrogens (primary N) is 2. The van der Waals surface area contributed by atoms with Gasteiger partial charge in [0, 0.05) is 33.1 Å². The number of quaternary nitrogens is 1. The second-order valence-electron chi connectivity index (χ2n) is 5.68. The summed E-state index contributed by atoms with van der Waals surface area (Å²) < 4.78 is 0.566. The van der Waals surface area contributed by atoms with Crippen molar-refractivity contribution < 1.29 is 4.70 Å². The van der Waals surface area contributed by atoms with Gasteiger partial charge in [-0.2, -0.15) is 0 Å². The van der Waals surface area contributed by atoms with Crippen LogP contribution in [0, 0.1) is 0 Å². The van der Waals surface area contributed by atoms with Crippen molar-refractivity contribution >= 4 is 0 Å². The Morgan fingerprint density at radius 2 is 1.32 bits per heavy atom. The maximum Gasteiger partial charge on any atom is 0.238 e. The maximum absolute atomic E-state index is 6.41. The predicted molar refractivity (Wildman–Crippen MR) is 76.5 cm³/mol. The summed E-state index contributed by atoms with van der Waals surface area (Å²) in [6.07, 6.45) is 0. The molecule has 0 atom stereocenters. The van der Waals surface area contributed by atoms with Gasteiger partial charge in [0.1, 0.15) is 6.54 Å². The molecule has 112 valence electrons. The maximum atomic E-state index is 6.41. The van der Waals surface area contributed by atoms with Gasteiger partial charge in [0.05, 0.1) is 26.2 Å². The number of hydrogen-bond donors (Lipinski definition) is 4. The highest BCUT2D eigenvalue weighted by molar-refractivity contribution is 4.69. The average Bonchev–Trinajstić information content (AvgIpc) is 2.41. The van der Waals surface area contributed by atoms with E-state index in [0.717, 1.165) is 58.9 Å². The van der Waals surface area contributed by atoms with E-state index in [0.29, 0.717) is 4.70 Å². The van der Waals surface area contributed by atoms with Crippen LogP contribution in [0.4, 0.5) is 0 Å². The standard InChI is InChI=1S/C12H30N7/c1-3-19(12(2,13)14,17-8-4-15-5-9-17)18-10-6-16-7-11-18/h15-16H,3-11,13-14H2,1-2H3/q+1. The van der Waals surface area contributed by atoms with Gasteiger partial charge in [0.15, 0.2) is 0 Å². The third-order valence-electron chi connectivity index (χ3n) is 4.34. The summed E-state index contributed by atoms with van der Waals surface area (Å²) in [5, 5.41) is 11.7. The fraction of sp³-hybridized carbons (Fsp3) is 1.00. The summed E-state index contributed by atoms with van der Waals surface area (Å²) in [5.41, 5.74) is 12.8. The number of nitrogens with zero attached hydrogens (tertiary/aromatic N) is 3. The normalized spacial score (nSPS) is 24.6. The number of nitrogens with one attached hydrogen (secondary N) is 2. The predicted octanol–water partition coefficient (Wildman–Crippen LogP) is -1.95. The van der Waals surface area contributed by atoms with E-state index in [-0.39, 0.29) is 0 Å². The van der Waals surface area contributed by atoms with Crippen LogP contribution >= 0.6 is 0 Å². The monoisotopic (exact) mass is 272 g/mol. The summed E-state index contributed by atoms with van der Waals surface area (Å²) in [7, 11) is 0. The quantitative estimate of drug-likeness (QED) is 0.352. The van der Waals surface area contributed by atoms with Crippen molar-refractivity contribution in [2.75, 3.05) is 58.9 Å². The molecule has 0 bridgehead atoms. The Bertz CT molecular complexity index is 258. The Morgan fingerprint density at radius 1 is 0.947 bits per heavy atom. The molecule has 0 aromatic carbocycles. The smallest absolute Gasteiger partial charge is 0.238 e. The van der Waals surface area contributed by atoms with E-state index >= 15 is 0 Å². The molecule has 7 nitrogen and oxygen atoms in total. The fourth-order valence-electron chi connectivity index (χ4n) is 3.50. The molecular formula is C12H30N7+. The molecule has 0 aromatic rings. The summed E-state index contributed by atoms with van der Waals surface area (Å²) >= 11 is 0. The summed E-state index contributed by atoms with van der Waals surface area (Å²) in [5.74, 6) is -0.788. The topological polar surface area (TPSA) is 82.6 Å². The molecular weight excluding hydrogens is 242 g/mol. The first-order chi connectivity index (χ1) is 9.02. The summed E-state index contributed by atoms with van der Waals surface area (Å²) in [6, 6.07) is 0. The van der Waals surface area contributed by atoms with E-state index in [4.69, 9.17) is 11.5 Å². The van der Waals surface area contributed by atoms with Gasteiger partial charge < -0.3 is 10.6 Å². The van der Waals surface area contributed by atoms with Gasteiger partial charge in [0.25, 0.3) is 0 Å². The molecule has 6 N–H and O–H groups in total. The Balaban J connectivity index is 2.28. The van der Waals surface area contributed by atoms with Crippen LogP contribution in [0.3, 0.4) is 0 Å². The fourth-order valence-corrected chi connectivity index (χ4v) is 3.50. The third kappa shape index (κ3) is 2.78. The van der Waals surface area contributed by atoms with Gasteiger partial charge in [-0.15, -0.1) is 14.7 Å². The van der Waals surface area contributed by atoms with E-state index < -0.39 is 5.79 Å². The highest BCUT2D eigenvalue weighted by Crippen LogP contribution is 2.25. The van der Waals surface area contributed by atoms with Crippen molar-refractivity contribution in [1.82, 2.24) is 20.7 Å². The SMILES string of the molecule is CC[N+](N1CCNCC1)(N1CCNCC1)C(C)(N)N. The van der Waals surface area contributed by atoms with E-state index in [9.17, 15) is 0 Å². The minimum absolute atomic E-state index is 0.566. The van der Waals surface area contributed by atoms with E-state index in [2.05, 4.69) is 27.6 Å². The molecule has 0 aliphatic carbocycles. The average molecular weight is 272 g/mol. The van der Waals surface area contributed by atoms with Crippen LogP contribution in [-0.2, 0) is 0 Å². The van der Waals surface area contributed by atoms with Gasteiger partial charge in [-0.1, -0.05) is 0 Å². The lowest BCUT2D eigenvalue weighted by Gasteiger charge is -2.57. The molecule has 19 heavy (non-hydrogen) atoms. The zero-order chi connectivity index (χ0) is 13.9. The summed E-state index contributed by atoms with van der Waals surface area (Å²) in [6.45, 7) is 13.0. The molecule has 0 spiro atoms. The second-order valence-corrected chi connectivity index (χ2v) is 5.68. The van der Waals surface area contributed by atoms with Crippen LogP contribution in [0.15, 0.2) is 0 Å². The first kappa shape index (κ1) is 15.1. The molecule has 2 saturated heterocycles. The van der Waals surface area contributed by atoms with Gasteiger partial charge in [-0.25, -0.2) is 0 Å². The molecule has 0 aromatic heterocycles. The minimum atomic E-state index is -0.788. The van der Waals surface area contributed by atoms with Crippen molar-refractivity contribution in [2.45, 2.75) is 19.6 Å². The molecule has 7 heteroatoms. The van der Waals surface area contributed by atoms with Crippen molar-refractivity contribution in [3.8, 4) is 0 Å². The molecule has 0 radical (unpaired) electrons. The zero-order valence-electron chi connectivity index (χ0n) is 12.4. The number of rotatable bonds is 4. The Morgan fingerprint density at radius 3 is 1.58 bits per heavy atom. The lowest BCUT2D eigenvalue weighted by Crippen LogP contribution is -2.85. The lowest BCUT2D eigenvalue weighted by molar-refractivity contribution is -1.16. The second kappa shape index (κ2) is 6.01. The van der Waals surface area contributed by atoms with Crippen LogP contribution in [0.2, 0.25) is 0 Å². The Labute approximate surface area is 116 Å². The molecule has 0 amide bonds. The summed E-state index contributed by atoms with van der Waals surface area (Å²) in [4.78, 5) is 0. The molecule has 2 aliphatic heterocycles. The van der Waals surface area contributed by atoms with Crippen molar-refractivity contribution in [1.29, 1.82) is 0 Å². The number of piperazine rings is 2. The molecule has 2 fully saturated rings.